The Bertz CT molecular complexity index is 127. The molecule has 0 aliphatic carbocycles. The summed E-state index contributed by atoms with van der Waals surface area (Å²) in [6.45, 7) is 12.3. The minimum atomic E-state index is 0.344. The maximum absolute atomic E-state index is 5.87. The van der Waals surface area contributed by atoms with Crippen LogP contribution in [0.25, 0.3) is 0 Å². The van der Waals surface area contributed by atoms with E-state index in [1.54, 1.807) is 0 Å². The van der Waals surface area contributed by atoms with Gasteiger partial charge in [0, 0.05) is 0 Å². The summed E-state index contributed by atoms with van der Waals surface area (Å²) in [7, 11) is 0. The van der Waals surface area contributed by atoms with Crippen molar-refractivity contribution in [2.24, 2.45) is 23.0 Å². The molecule has 0 aliphatic rings. The Labute approximate surface area is 84.1 Å². The fourth-order valence-electron chi connectivity index (χ4n) is 1.79. The van der Waals surface area contributed by atoms with E-state index in [1.165, 1.54) is 19.3 Å². The Morgan fingerprint density at radius 2 is 1.62 bits per heavy atom. The number of hydrogen-bond donors (Lipinski definition) is 1. The molecular formula is C12H27N. The molecule has 0 radical (unpaired) electrons. The lowest BCUT2D eigenvalue weighted by Gasteiger charge is -2.35. The molecule has 1 nitrogen and oxygen atoms in total. The lowest BCUT2D eigenvalue weighted by atomic mass is 9.72. The molecule has 0 heterocycles. The van der Waals surface area contributed by atoms with Crippen LogP contribution in [0.4, 0.5) is 0 Å². The van der Waals surface area contributed by atoms with Gasteiger partial charge in [-0.05, 0) is 30.2 Å². The van der Waals surface area contributed by atoms with Crippen molar-refractivity contribution in [3.63, 3.8) is 0 Å². The fraction of sp³-hybridized carbons (Fsp3) is 1.00. The second-order valence-corrected chi connectivity index (χ2v) is 4.90. The Morgan fingerprint density at radius 3 is 1.85 bits per heavy atom. The van der Waals surface area contributed by atoms with Gasteiger partial charge in [-0.3, -0.25) is 0 Å². The highest BCUT2D eigenvalue weighted by atomic mass is 14.6. The molecule has 1 atom stereocenters. The first-order valence-corrected chi connectivity index (χ1v) is 5.70. The van der Waals surface area contributed by atoms with Gasteiger partial charge in [0.2, 0.25) is 0 Å². The van der Waals surface area contributed by atoms with Crippen molar-refractivity contribution >= 4 is 0 Å². The molecular weight excluding hydrogens is 158 g/mol. The highest BCUT2D eigenvalue weighted by molar-refractivity contribution is 4.81. The van der Waals surface area contributed by atoms with Crippen LogP contribution in [0.3, 0.4) is 0 Å². The summed E-state index contributed by atoms with van der Waals surface area (Å²) in [4.78, 5) is 0. The van der Waals surface area contributed by atoms with Gasteiger partial charge in [-0.2, -0.15) is 0 Å². The van der Waals surface area contributed by atoms with Crippen molar-refractivity contribution in [3.05, 3.63) is 0 Å². The van der Waals surface area contributed by atoms with E-state index >= 15 is 0 Å². The highest BCUT2D eigenvalue weighted by Gasteiger charge is 2.28. The molecule has 2 N–H and O–H groups in total. The molecule has 1 heteroatoms. The average molecular weight is 185 g/mol. The first-order valence-electron chi connectivity index (χ1n) is 5.70. The van der Waals surface area contributed by atoms with Crippen LogP contribution in [0.1, 0.15) is 53.9 Å². The molecule has 0 saturated carbocycles. The second-order valence-electron chi connectivity index (χ2n) is 4.90. The quantitative estimate of drug-likeness (QED) is 0.674. The van der Waals surface area contributed by atoms with Crippen LogP contribution in [-0.4, -0.2) is 6.54 Å². The highest BCUT2D eigenvalue weighted by Crippen LogP contribution is 2.35. The van der Waals surface area contributed by atoms with E-state index in [4.69, 9.17) is 5.73 Å². The zero-order valence-corrected chi connectivity index (χ0v) is 10.1. The molecule has 80 valence electrons. The number of nitrogens with two attached hydrogens (primary N) is 1. The van der Waals surface area contributed by atoms with Gasteiger partial charge in [-0.1, -0.05) is 47.5 Å². The van der Waals surface area contributed by atoms with E-state index in [0.717, 1.165) is 12.5 Å². The van der Waals surface area contributed by atoms with Crippen molar-refractivity contribution in [1.29, 1.82) is 0 Å². The van der Waals surface area contributed by atoms with E-state index in [0.29, 0.717) is 11.3 Å². The van der Waals surface area contributed by atoms with Crippen LogP contribution >= 0.6 is 0 Å². The minimum absolute atomic E-state index is 0.344. The normalized spacial score (nSPS) is 16.6. The van der Waals surface area contributed by atoms with Gasteiger partial charge in [0.05, 0.1) is 0 Å². The van der Waals surface area contributed by atoms with E-state index in [1.807, 2.05) is 0 Å². The zero-order valence-electron chi connectivity index (χ0n) is 10.1. The lowest BCUT2D eigenvalue weighted by molar-refractivity contribution is 0.166. The Kier molecular flexibility index (Phi) is 5.62. The average Bonchev–Trinajstić information content (AvgIpc) is 2.13. The summed E-state index contributed by atoms with van der Waals surface area (Å²) in [5, 5.41) is 0. The maximum Gasteiger partial charge on any atom is -0.00206 e. The summed E-state index contributed by atoms with van der Waals surface area (Å²) in [5.41, 5.74) is 6.21. The molecule has 0 aromatic rings. The SMILES string of the molecule is CCC(CC)CC(C)(CN)C(C)C. The predicted octanol–water partition coefficient (Wildman–Crippen LogP) is 3.43. The van der Waals surface area contributed by atoms with Gasteiger partial charge in [-0.25, -0.2) is 0 Å². The third-order valence-corrected chi connectivity index (χ3v) is 3.77. The van der Waals surface area contributed by atoms with Crippen molar-refractivity contribution in [3.8, 4) is 0 Å². The van der Waals surface area contributed by atoms with Crippen LogP contribution in [0.5, 0.6) is 0 Å². The molecule has 0 saturated heterocycles. The fourth-order valence-corrected chi connectivity index (χ4v) is 1.79. The van der Waals surface area contributed by atoms with Crippen molar-refractivity contribution in [2.45, 2.75) is 53.9 Å². The molecule has 0 aromatic carbocycles. The monoisotopic (exact) mass is 185 g/mol. The third kappa shape index (κ3) is 3.68. The Hall–Kier alpha value is -0.0400. The predicted molar refractivity (Wildman–Crippen MR) is 60.7 cm³/mol. The first-order chi connectivity index (χ1) is 6.00. The van der Waals surface area contributed by atoms with Crippen molar-refractivity contribution < 1.29 is 0 Å². The standard InChI is InChI=1S/C12H27N/c1-6-11(7-2)8-12(5,9-13)10(3)4/h10-11H,6-9,13H2,1-5H3. The van der Waals surface area contributed by atoms with Crippen LogP contribution in [-0.2, 0) is 0 Å². The summed E-state index contributed by atoms with van der Waals surface area (Å²) < 4.78 is 0. The van der Waals surface area contributed by atoms with E-state index < -0.39 is 0 Å². The first kappa shape index (κ1) is 13.0. The van der Waals surface area contributed by atoms with E-state index in [-0.39, 0.29) is 0 Å². The molecule has 0 amide bonds. The zero-order chi connectivity index (χ0) is 10.5. The minimum Gasteiger partial charge on any atom is -0.330 e. The molecule has 0 rings (SSSR count). The molecule has 0 aliphatic heterocycles. The summed E-state index contributed by atoms with van der Waals surface area (Å²) in [6.07, 6.45) is 3.87. The van der Waals surface area contributed by atoms with Gasteiger partial charge >= 0.3 is 0 Å². The van der Waals surface area contributed by atoms with E-state index in [2.05, 4.69) is 34.6 Å². The summed E-state index contributed by atoms with van der Waals surface area (Å²) in [5.74, 6) is 1.55. The molecule has 0 bridgehead atoms. The van der Waals surface area contributed by atoms with Crippen LogP contribution in [0.2, 0.25) is 0 Å². The maximum atomic E-state index is 5.87. The molecule has 0 spiro atoms. The van der Waals surface area contributed by atoms with Crippen LogP contribution in [0, 0.1) is 17.3 Å². The van der Waals surface area contributed by atoms with Gasteiger partial charge in [-0.15, -0.1) is 0 Å². The molecule has 1 unspecified atom stereocenters. The molecule has 0 fully saturated rings. The topological polar surface area (TPSA) is 26.0 Å². The smallest absolute Gasteiger partial charge is 0.00206 e. The van der Waals surface area contributed by atoms with Gasteiger partial charge in [0.15, 0.2) is 0 Å². The van der Waals surface area contributed by atoms with Gasteiger partial charge in [0.25, 0.3) is 0 Å². The van der Waals surface area contributed by atoms with Gasteiger partial charge in [0.1, 0.15) is 0 Å². The van der Waals surface area contributed by atoms with Crippen LogP contribution < -0.4 is 5.73 Å². The summed E-state index contributed by atoms with van der Waals surface area (Å²) >= 11 is 0. The molecule has 13 heavy (non-hydrogen) atoms. The van der Waals surface area contributed by atoms with Crippen molar-refractivity contribution in [1.82, 2.24) is 0 Å². The lowest BCUT2D eigenvalue weighted by Crippen LogP contribution is -2.34. The van der Waals surface area contributed by atoms with Crippen LogP contribution in [0.15, 0.2) is 0 Å². The van der Waals surface area contributed by atoms with Crippen molar-refractivity contribution in [2.75, 3.05) is 6.54 Å². The second kappa shape index (κ2) is 5.64. The Balaban J connectivity index is 4.24. The van der Waals surface area contributed by atoms with Gasteiger partial charge < -0.3 is 5.73 Å². The van der Waals surface area contributed by atoms with E-state index in [9.17, 15) is 0 Å². The Morgan fingerprint density at radius 1 is 1.15 bits per heavy atom. The third-order valence-electron chi connectivity index (χ3n) is 3.77. The summed E-state index contributed by atoms with van der Waals surface area (Å²) in [6, 6.07) is 0. The number of hydrogen-bond acceptors (Lipinski definition) is 1. The largest absolute Gasteiger partial charge is 0.330 e. The number of rotatable bonds is 6. The molecule has 0 aromatic heterocycles.